The van der Waals surface area contributed by atoms with Crippen LogP contribution in [-0.4, -0.2) is 16.1 Å². The van der Waals surface area contributed by atoms with Crippen LogP contribution in [-0.2, 0) is 10.2 Å². The molecule has 2 aliphatic rings. The van der Waals surface area contributed by atoms with Crippen molar-refractivity contribution in [1.29, 1.82) is 5.26 Å². The topological polar surface area (TPSA) is 117 Å². The number of hydrogen-bond donors (Lipinski definition) is 3. The van der Waals surface area contributed by atoms with Crippen molar-refractivity contribution in [1.82, 2.24) is 10.2 Å². The number of rotatable bonds is 1. The Bertz CT molecular complexity index is 1270. The van der Waals surface area contributed by atoms with E-state index in [1.165, 1.54) is 18.2 Å². The molecule has 5 rings (SSSR count). The van der Waals surface area contributed by atoms with E-state index in [2.05, 4.69) is 15.5 Å². The number of ether oxygens (including phenoxy) is 1. The Labute approximate surface area is 164 Å². The van der Waals surface area contributed by atoms with Crippen LogP contribution in [0, 0.1) is 24.1 Å². The van der Waals surface area contributed by atoms with Crippen LogP contribution >= 0.6 is 0 Å². The minimum absolute atomic E-state index is 0.0735. The van der Waals surface area contributed by atoms with Gasteiger partial charge in [0.15, 0.2) is 0 Å². The molecule has 1 spiro atoms. The number of nitrogens with two attached hydrogens (primary N) is 1. The Balaban J connectivity index is 1.90. The number of aromatic nitrogens is 2. The zero-order valence-corrected chi connectivity index (χ0v) is 15.2. The van der Waals surface area contributed by atoms with E-state index in [1.807, 2.05) is 37.3 Å². The fourth-order valence-corrected chi connectivity index (χ4v) is 4.05. The van der Waals surface area contributed by atoms with Gasteiger partial charge in [0.05, 0.1) is 11.3 Å². The fourth-order valence-electron chi connectivity index (χ4n) is 4.05. The molecular weight excluding hydrogens is 373 g/mol. The lowest BCUT2D eigenvalue weighted by atomic mass is 9.68. The van der Waals surface area contributed by atoms with Gasteiger partial charge in [-0.05, 0) is 25.1 Å². The van der Waals surface area contributed by atoms with Gasteiger partial charge in [0, 0.05) is 16.8 Å². The largest absolute Gasteiger partial charge is 0.420 e. The van der Waals surface area contributed by atoms with E-state index < -0.39 is 17.1 Å². The van der Waals surface area contributed by atoms with Crippen molar-refractivity contribution in [2.45, 2.75) is 12.3 Å². The standard InChI is InChI=1S/C21H14FN5O2/c1-10-2-4-11(5-3-10)17-16-19(27-26-17)29-18(24)14(9-23)21(16)13-8-12(22)6-7-15(13)25-20(21)28/h2-8H,24H2,1H3,(H,25,28)(H,26,27). The van der Waals surface area contributed by atoms with E-state index in [1.54, 1.807) is 0 Å². The molecule has 0 fully saturated rings. The number of nitrogens with zero attached hydrogens (tertiary/aromatic N) is 2. The summed E-state index contributed by atoms with van der Waals surface area (Å²) in [6, 6.07) is 13.5. The molecule has 4 N–H and O–H groups in total. The molecule has 142 valence electrons. The van der Waals surface area contributed by atoms with Gasteiger partial charge in [-0.3, -0.25) is 9.89 Å². The number of hydrogen-bond acceptors (Lipinski definition) is 5. The lowest BCUT2D eigenvalue weighted by Crippen LogP contribution is -2.42. The average Bonchev–Trinajstić information content (AvgIpc) is 3.23. The molecule has 29 heavy (non-hydrogen) atoms. The Hall–Kier alpha value is -4.12. The summed E-state index contributed by atoms with van der Waals surface area (Å²) in [6.45, 7) is 1.96. The third-order valence-electron chi connectivity index (χ3n) is 5.36. The Morgan fingerprint density at radius 1 is 1.24 bits per heavy atom. The van der Waals surface area contributed by atoms with Gasteiger partial charge in [0.1, 0.15) is 22.9 Å². The van der Waals surface area contributed by atoms with Crippen molar-refractivity contribution in [3.8, 4) is 23.2 Å². The molecule has 2 aromatic carbocycles. The highest BCUT2D eigenvalue weighted by atomic mass is 19.1. The molecule has 0 saturated heterocycles. The van der Waals surface area contributed by atoms with Crippen LogP contribution in [0.15, 0.2) is 53.9 Å². The van der Waals surface area contributed by atoms with Crippen molar-refractivity contribution in [3.63, 3.8) is 0 Å². The first-order valence-electron chi connectivity index (χ1n) is 8.82. The molecule has 1 unspecified atom stereocenters. The molecule has 0 radical (unpaired) electrons. The average molecular weight is 387 g/mol. The number of amides is 1. The van der Waals surface area contributed by atoms with Crippen molar-refractivity contribution in [2.75, 3.05) is 5.32 Å². The van der Waals surface area contributed by atoms with E-state index in [0.29, 0.717) is 22.5 Å². The lowest BCUT2D eigenvalue weighted by molar-refractivity contribution is -0.118. The monoisotopic (exact) mass is 387 g/mol. The normalized spacial score (nSPS) is 19.4. The van der Waals surface area contributed by atoms with Gasteiger partial charge < -0.3 is 15.8 Å². The van der Waals surface area contributed by atoms with Crippen molar-refractivity contribution < 1.29 is 13.9 Å². The van der Waals surface area contributed by atoms with Gasteiger partial charge in [0.2, 0.25) is 17.7 Å². The summed E-state index contributed by atoms with van der Waals surface area (Å²) in [5, 5.41) is 19.7. The van der Waals surface area contributed by atoms with Crippen molar-refractivity contribution in [2.24, 2.45) is 5.73 Å². The van der Waals surface area contributed by atoms with E-state index in [0.717, 1.165) is 11.1 Å². The summed E-state index contributed by atoms with van der Waals surface area (Å²) in [4.78, 5) is 13.4. The predicted octanol–water partition coefficient (Wildman–Crippen LogP) is 2.85. The van der Waals surface area contributed by atoms with Gasteiger partial charge in [-0.15, -0.1) is 5.10 Å². The SMILES string of the molecule is Cc1ccc(-c2[nH]nc3c2C2(C(=O)Nc4ccc(F)cc42)C(C#N)=C(N)O3)cc1. The number of aromatic amines is 1. The molecule has 0 bridgehead atoms. The van der Waals surface area contributed by atoms with Crippen LogP contribution in [0.25, 0.3) is 11.3 Å². The first-order valence-corrected chi connectivity index (χ1v) is 8.82. The van der Waals surface area contributed by atoms with Crippen LogP contribution in [0.2, 0.25) is 0 Å². The third kappa shape index (κ3) is 2.09. The molecule has 3 aromatic rings. The number of nitrogens with one attached hydrogen (secondary N) is 2. The summed E-state index contributed by atoms with van der Waals surface area (Å²) in [6.07, 6.45) is 0. The maximum Gasteiger partial charge on any atom is 0.245 e. The molecule has 7 nitrogen and oxygen atoms in total. The number of nitriles is 1. The quantitative estimate of drug-likeness (QED) is 0.594. The van der Waals surface area contributed by atoms with Gasteiger partial charge in [-0.25, -0.2) is 4.39 Å². The fraction of sp³-hybridized carbons (Fsp3) is 0.0952. The second kappa shape index (κ2) is 5.69. The minimum Gasteiger partial charge on any atom is -0.420 e. The summed E-state index contributed by atoms with van der Waals surface area (Å²) in [7, 11) is 0. The number of carbonyl (C=O) groups excluding carboxylic acids is 1. The van der Waals surface area contributed by atoms with Gasteiger partial charge in [-0.1, -0.05) is 29.8 Å². The summed E-state index contributed by atoms with van der Waals surface area (Å²) < 4.78 is 19.8. The van der Waals surface area contributed by atoms with Crippen LogP contribution in [0.1, 0.15) is 16.7 Å². The number of H-pyrrole nitrogens is 1. The first kappa shape index (κ1) is 17.0. The van der Waals surface area contributed by atoms with Crippen LogP contribution < -0.4 is 15.8 Å². The first-order chi connectivity index (χ1) is 14.0. The van der Waals surface area contributed by atoms with E-state index in [9.17, 15) is 14.4 Å². The molecule has 0 aliphatic carbocycles. The highest BCUT2D eigenvalue weighted by Crippen LogP contribution is 2.55. The third-order valence-corrected chi connectivity index (χ3v) is 5.36. The number of anilines is 1. The molecule has 3 heterocycles. The number of fused-ring (bicyclic) bond motifs is 4. The highest BCUT2D eigenvalue weighted by Gasteiger charge is 2.58. The Morgan fingerprint density at radius 2 is 2.00 bits per heavy atom. The molecule has 1 aromatic heterocycles. The molecule has 0 saturated carbocycles. The van der Waals surface area contributed by atoms with Crippen molar-refractivity contribution >= 4 is 11.6 Å². The highest BCUT2D eigenvalue weighted by molar-refractivity contribution is 6.13. The number of halogens is 1. The van der Waals surface area contributed by atoms with Crippen molar-refractivity contribution in [3.05, 3.63) is 76.4 Å². The molecule has 1 atom stereocenters. The lowest BCUT2D eigenvalue weighted by Gasteiger charge is -2.31. The molecule has 8 heteroatoms. The van der Waals surface area contributed by atoms with E-state index in [4.69, 9.17) is 10.5 Å². The zero-order chi connectivity index (χ0) is 20.3. The number of benzene rings is 2. The smallest absolute Gasteiger partial charge is 0.245 e. The van der Waals surface area contributed by atoms with E-state index in [-0.39, 0.29) is 17.3 Å². The minimum atomic E-state index is -1.67. The van der Waals surface area contributed by atoms with Gasteiger partial charge in [-0.2, -0.15) is 5.26 Å². The zero-order valence-electron chi connectivity index (χ0n) is 15.2. The Kier molecular flexibility index (Phi) is 3.34. The summed E-state index contributed by atoms with van der Waals surface area (Å²) in [5.41, 5.74) is 7.52. The summed E-state index contributed by atoms with van der Waals surface area (Å²) >= 11 is 0. The van der Waals surface area contributed by atoms with E-state index >= 15 is 0 Å². The van der Waals surface area contributed by atoms with Gasteiger partial charge in [0.25, 0.3) is 0 Å². The van der Waals surface area contributed by atoms with Crippen LogP contribution in [0.4, 0.5) is 10.1 Å². The van der Waals surface area contributed by atoms with Crippen LogP contribution in [0.3, 0.4) is 0 Å². The predicted molar refractivity (Wildman–Crippen MR) is 102 cm³/mol. The summed E-state index contributed by atoms with van der Waals surface area (Å²) in [5.74, 6) is -1.22. The molecule has 2 aliphatic heterocycles. The maximum atomic E-state index is 14.2. The van der Waals surface area contributed by atoms with Crippen LogP contribution in [0.5, 0.6) is 5.88 Å². The molecular formula is C21H14FN5O2. The molecule has 1 amide bonds. The number of carbonyl (C=O) groups is 1. The Morgan fingerprint density at radius 3 is 2.72 bits per heavy atom. The number of aryl methyl sites for hydroxylation is 1. The second-order valence-corrected chi connectivity index (χ2v) is 6.99. The second-order valence-electron chi connectivity index (χ2n) is 6.99. The maximum absolute atomic E-state index is 14.2. The van der Waals surface area contributed by atoms with Gasteiger partial charge >= 0.3 is 0 Å².